The lowest BCUT2D eigenvalue weighted by molar-refractivity contribution is -0.150. The summed E-state index contributed by atoms with van der Waals surface area (Å²) in [6.45, 7) is 2.37. The van der Waals surface area contributed by atoms with Crippen LogP contribution in [0.25, 0.3) is 0 Å². The molecule has 0 aromatic rings. The average molecular weight is 216 g/mol. The summed E-state index contributed by atoms with van der Waals surface area (Å²) in [4.78, 5) is 10.6. The summed E-state index contributed by atoms with van der Waals surface area (Å²) in [5, 5.41) is 8.67. The van der Waals surface area contributed by atoms with E-state index in [4.69, 9.17) is 14.6 Å². The summed E-state index contributed by atoms with van der Waals surface area (Å²) >= 11 is 0. The number of carbonyl (C=O) groups is 1. The van der Waals surface area contributed by atoms with Crippen LogP contribution in [0.3, 0.4) is 0 Å². The summed E-state index contributed by atoms with van der Waals surface area (Å²) in [6, 6.07) is 0. The van der Waals surface area contributed by atoms with Gasteiger partial charge >= 0.3 is 5.97 Å². The van der Waals surface area contributed by atoms with Crippen molar-refractivity contribution in [2.75, 3.05) is 6.61 Å². The van der Waals surface area contributed by atoms with Crippen molar-refractivity contribution >= 4 is 5.97 Å². The van der Waals surface area contributed by atoms with Gasteiger partial charge in [0.1, 0.15) is 0 Å². The van der Waals surface area contributed by atoms with Crippen LogP contribution in [0, 0.1) is 0 Å². The predicted octanol–water partition coefficient (Wildman–Crippen LogP) is 2.17. The van der Waals surface area contributed by atoms with Crippen LogP contribution >= 0.6 is 0 Å². The molecule has 2 atom stereocenters. The fourth-order valence-electron chi connectivity index (χ4n) is 1.65. The van der Waals surface area contributed by atoms with E-state index in [0.29, 0.717) is 0 Å². The van der Waals surface area contributed by atoms with E-state index in [1.807, 2.05) is 0 Å². The Balaban J connectivity index is 2.01. The van der Waals surface area contributed by atoms with Crippen LogP contribution in [0.4, 0.5) is 0 Å². The summed E-state index contributed by atoms with van der Waals surface area (Å²) in [5.74, 6) is -0.927. The van der Waals surface area contributed by atoms with E-state index in [1.54, 1.807) is 0 Å². The minimum atomic E-state index is -0.927. The molecule has 4 heteroatoms. The Morgan fingerprint density at radius 3 is 2.67 bits per heavy atom. The van der Waals surface area contributed by atoms with Crippen LogP contribution in [0.1, 0.15) is 45.4 Å². The SMILES string of the molecule is CCCCCCCC1OCC(C(=O)O)O1. The van der Waals surface area contributed by atoms with Gasteiger partial charge in [0, 0.05) is 0 Å². The fourth-order valence-corrected chi connectivity index (χ4v) is 1.65. The molecule has 0 spiro atoms. The number of ether oxygens (including phenoxy) is 2. The van der Waals surface area contributed by atoms with Gasteiger partial charge in [0.15, 0.2) is 12.4 Å². The van der Waals surface area contributed by atoms with Crippen molar-refractivity contribution < 1.29 is 19.4 Å². The van der Waals surface area contributed by atoms with Gasteiger partial charge in [-0.05, 0) is 12.8 Å². The highest BCUT2D eigenvalue weighted by Gasteiger charge is 2.30. The molecular weight excluding hydrogens is 196 g/mol. The molecule has 0 radical (unpaired) electrons. The molecule has 1 saturated heterocycles. The Hall–Kier alpha value is -0.610. The van der Waals surface area contributed by atoms with Crippen LogP contribution in [-0.4, -0.2) is 30.1 Å². The lowest BCUT2D eigenvalue weighted by Crippen LogP contribution is -2.22. The highest BCUT2D eigenvalue weighted by Crippen LogP contribution is 2.17. The van der Waals surface area contributed by atoms with E-state index in [2.05, 4.69) is 6.92 Å². The largest absolute Gasteiger partial charge is 0.479 e. The fraction of sp³-hybridized carbons (Fsp3) is 0.909. The molecule has 1 aliphatic heterocycles. The van der Waals surface area contributed by atoms with Crippen LogP contribution in [-0.2, 0) is 14.3 Å². The molecule has 0 aromatic carbocycles. The van der Waals surface area contributed by atoms with E-state index in [1.165, 1.54) is 25.7 Å². The molecule has 0 amide bonds. The lowest BCUT2D eigenvalue weighted by atomic mass is 10.1. The quantitative estimate of drug-likeness (QED) is 0.663. The maximum Gasteiger partial charge on any atom is 0.335 e. The van der Waals surface area contributed by atoms with Crippen molar-refractivity contribution in [1.29, 1.82) is 0 Å². The maximum atomic E-state index is 10.6. The van der Waals surface area contributed by atoms with E-state index in [-0.39, 0.29) is 12.9 Å². The molecule has 1 N–H and O–H groups in total. The van der Waals surface area contributed by atoms with Gasteiger partial charge in [-0.15, -0.1) is 0 Å². The molecule has 1 fully saturated rings. The number of carboxylic acids is 1. The first-order valence-corrected chi connectivity index (χ1v) is 5.74. The summed E-state index contributed by atoms with van der Waals surface area (Å²) in [7, 11) is 0. The Morgan fingerprint density at radius 2 is 2.07 bits per heavy atom. The summed E-state index contributed by atoms with van der Waals surface area (Å²) < 4.78 is 10.4. The highest BCUT2D eigenvalue weighted by molar-refractivity contribution is 5.72. The van der Waals surface area contributed by atoms with Gasteiger partial charge in [-0.25, -0.2) is 4.79 Å². The Labute approximate surface area is 90.6 Å². The van der Waals surface area contributed by atoms with Crippen molar-refractivity contribution in [2.45, 2.75) is 57.8 Å². The molecule has 1 heterocycles. The molecule has 88 valence electrons. The van der Waals surface area contributed by atoms with Gasteiger partial charge in [0.2, 0.25) is 0 Å². The molecule has 1 rings (SSSR count). The zero-order chi connectivity index (χ0) is 11.1. The second-order valence-corrected chi connectivity index (χ2v) is 3.93. The molecule has 0 bridgehead atoms. The van der Waals surface area contributed by atoms with Crippen molar-refractivity contribution in [3.63, 3.8) is 0 Å². The van der Waals surface area contributed by atoms with Crippen molar-refractivity contribution in [3.05, 3.63) is 0 Å². The van der Waals surface area contributed by atoms with Gasteiger partial charge < -0.3 is 14.6 Å². The molecule has 15 heavy (non-hydrogen) atoms. The topological polar surface area (TPSA) is 55.8 Å². The van der Waals surface area contributed by atoms with E-state index in [0.717, 1.165) is 12.8 Å². The van der Waals surface area contributed by atoms with Crippen molar-refractivity contribution in [1.82, 2.24) is 0 Å². The lowest BCUT2D eigenvalue weighted by Gasteiger charge is -2.08. The molecule has 4 nitrogen and oxygen atoms in total. The zero-order valence-corrected chi connectivity index (χ0v) is 9.28. The smallest absolute Gasteiger partial charge is 0.335 e. The number of aliphatic carboxylic acids is 1. The number of hydrogen-bond donors (Lipinski definition) is 1. The Morgan fingerprint density at radius 1 is 1.33 bits per heavy atom. The molecule has 0 saturated carbocycles. The molecule has 2 unspecified atom stereocenters. The van der Waals surface area contributed by atoms with Gasteiger partial charge in [0.25, 0.3) is 0 Å². The predicted molar refractivity (Wildman–Crippen MR) is 55.6 cm³/mol. The van der Waals surface area contributed by atoms with Crippen molar-refractivity contribution in [2.24, 2.45) is 0 Å². The number of unbranched alkanes of at least 4 members (excludes halogenated alkanes) is 4. The van der Waals surface area contributed by atoms with Gasteiger partial charge in [-0.1, -0.05) is 32.6 Å². The second kappa shape index (κ2) is 6.80. The standard InChI is InChI=1S/C11H20O4/c1-2-3-4-5-6-7-10-14-8-9(15-10)11(12)13/h9-10H,2-8H2,1H3,(H,12,13). The third-order valence-electron chi connectivity index (χ3n) is 2.57. The van der Waals surface area contributed by atoms with Crippen molar-refractivity contribution in [3.8, 4) is 0 Å². The molecule has 1 aliphatic rings. The average Bonchev–Trinajstić information content (AvgIpc) is 2.66. The van der Waals surface area contributed by atoms with Gasteiger partial charge in [-0.2, -0.15) is 0 Å². The van der Waals surface area contributed by atoms with Gasteiger partial charge in [-0.3, -0.25) is 0 Å². The Kier molecular flexibility index (Phi) is 5.65. The normalized spacial score (nSPS) is 25.7. The highest BCUT2D eigenvalue weighted by atomic mass is 16.7. The molecule has 0 aliphatic carbocycles. The second-order valence-electron chi connectivity index (χ2n) is 3.93. The Bertz CT molecular complexity index is 193. The molecular formula is C11H20O4. The van der Waals surface area contributed by atoms with Crippen LogP contribution < -0.4 is 0 Å². The zero-order valence-electron chi connectivity index (χ0n) is 9.28. The maximum absolute atomic E-state index is 10.6. The third-order valence-corrected chi connectivity index (χ3v) is 2.57. The van der Waals surface area contributed by atoms with E-state index >= 15 is 0 Å². The first-order valence-electron chi connectivity index (χ1n) is 5.74. The number of rotatable bonds is 7. The van der Waals surface area contributed by atoms with Gasteiger partial charge in [0.05, 0.1) is 6.61 Å². The first-order chi connectivity index (χ1) is 7.24. The number of carboxylic acid groups (broad SMARTS) is 1. The summed E-state index contributed by atoms with van der Waals surface area (Å²) in [6.07, 6.45) is 5.73. The monoisotopic (exact) mass is 216 g/mol. The number of hydrogen-bond acceptors (Lipinski definition) is 3. The van der Waals surface area contributed by atoms with E-state index in [9.17, 15) is 4.79 Å². The molecule has 0 aromatic heterocycles. The van der Waals surface area contributed by atoms with Crippen LogP contribution in [0.15, 0.2) is 0 Å². The van der Waals surface area contributed by atoms with E-state index < -0.39 is 12.1 Å². The minimum absolute atomic E-state index is 0.189. The van der Waals surface area contributed by atoms with Crippen LogP contribution in [0.2, 0.25) is 0 Å². The summed E-state index contributed by atoms with van der Waals surface area (Å²) in [5.41, 5.74) is 0. The minimum Gasteiger partial charge on any atom is -0.479 e. The van der Waals surface area contributed by atoms with Crippen LogP contribution in [0.5, 0.6) is 0 Å². The first kappa shape index (κ1) is 12.5. The third kappa shape index (κ3) is 4.62.